The number of rotatable bonds is 8. The average Bonchev–Trinajstić information content (AvgIpc) is 3.35. The first-order valence-electron chi connectivity index (χ1n) is 12.4. The van der Waals surface area contributed by atoms with Crippen molar-refractivity contribution in [3.05, 3.63) is 141 Å². The van der Waals surface area contributed by atoms with Crippen LogP contribution >= 0.6 is 23.2 Å². The van der Waals surface area contributed by atoms with E-state index in [-0.39, 0.29) is 28.4 Å². The maximum Gasteiger partial charge on any atom is 0.271 e. The second kappa shape index (κ2) is 12.2. The zero-order chi connectivity index (χ0) is 28.1. The molecule has 0 saturated carbocycles. The van der Waals surface area contributed by atoms with E-state index in [0.29, 0.717) is 16.9 Å². The second-order valence-electron chi connectivity index (χ2n) is 9.04. The van der Waals surface area contributed by atoms with Gasteiger partial charge in [0.25, 0.3) is 5.91 Å². The molecular weight excluding hydrogens is 548 g/mol. The number of nitrogens with zero attached hydrogens (tertiary/aromatic N) is 2. The first kappa shape index (κ1) is 27.2. The molecule has 5 rings (SSSR count). The predicted molar refractivity (Wildman–Crippen MR) is 158 cm³/mol. The van der Waals surface area contributed by atoms with Gasteiger partial charge in [-0.3, -0.25) is 4.79 Å². The Morgan fingerprint density at radius 3 is 2.27 bits per heavy atom. The van der Waals surface area contributed by atoms with E-state index in [0.717, 1.165) is 28.2 Å². The number of benzene rings is 4. The molecule has 0 saturated heterocycles. The van der Waals surface area contributed by atoms with Crippen molar-refractivity contribution in [3.63, 3.8) is 0 Å². The first-order valence-corrected chi connectivity index (χ1v) is 13.2. The number of nitrogens with one attached hydrogen (secondary N) is 1. The molecular formula is C32H24Cl2FN3O2. The van der Waals surface area contributed by atoms with Crippen LogP contribution in [0, 0.1) is 12.7 Å². The number of carbonyl (C=O) groups is 1. The van der Waals surface area contributed by atoms with Crippen molar-refractivity contribution >= 4 is 35.3 Å². The summed E-state index contributed by atoms with van der Waals surface area (Å²) in [6, 6.07) is 30.8. The molecule has 4 aromatic carbocycles. The summed E-state index contributed by atoms with van der Waals surface area (Å²) in [6.07, 6.45) is 1.45. The van der Waals surface area contributed by atoms with Gasteiger partial charge in [0.05, 0.1) is 22.0 Å². The van der Waals surface area contributed by atoms with E-state index in [1.54, 1.807) is 36.4 Å². The summed E-state index contributed by atoms with van der Waals surface area (Å²) in [5.41, 5.74) is 8.57. The van der Waals surface area contributed by atoms with Crippen LogP contribution in [0.1, 0.15) is 27.2 Å². The molecule has 5 aromatic rings. The number of hydrogen-bond acceptors (Lipinski definition) is 3. The van der Waals surface area contributed by atoms with Crippen LogP contribution in [0.3, 0.4) is 0 Å². The van der Waals surface area contributed by atoms with Gasteiger partial charge in [0.2, 0.25) is 0 Å². The van der Waals surface area contributed by atoms with Gasteiger partial charge in [0.15, 0.2) is 5.75 Å². The van der Waals surface area contributed by atoms with E-state index >= 15 is 0 Å². The third-order valence-electron chi connectivity index (χ3n) is 6.23. The van der Waals surface area contributed by atoms with Crippen molar-refractivity contribution in [3.8, 4) is 22.7 Å². The monoisotopic (exact) mass is 571 g/mol. The molecule has 0 aliphatic carbocycles. The lowest BCUT2D eigenvalue weighted by Crippen LogP contribution is -2.17. The molecule has 0 unspecified atom stereocenters. The maximum atomic E-state index is 13.1. The smallest absolute Gasteiger partial charge is 0.271 e. The number of hydrogen-bond donors (Lipinski definition) is 1. The topological polar surface area (TPSA) is 55.6 Å². The normalized spacial score (nSPS) is 11.1. The van der Waals surface area contributed by atoms with Crippen molar-refractivity contribution in [2.24, 2.45) is 5.10 Å². The number of halogens is 3. The van der Waals surface area contributed by atoms with Crippen molar-refractivity contribution < 1.29 is 13.9 Å². The Kier molecular flexibility index (Phi) is 8.29. The van der Waals surface area contributed by atoms with E-state index in [1.807, 2.05) is 37.3 Å². The van der Waals surface area contributed by atoms with Crippen LogP contribution in [0.25, 0.3) is 16.9 Å². The van der Waals surface area contributed by atoms with Crippen LogP contribution in [0.4, 0.5) is 4.39 Å². The van der Waals surface area contributed by atoms with Crippen LogP contribution in [-0.4, -0.2) is 16.7 Å². The summed E-state index contributed by atoms with van der Waals surface area (Å²) in [6.45, 7) is 2.23. The van der Waals surface area contributed by atoms with E-state index in [9.17, 15) is 9.18 Å². The Balaban J connectivity index is 1.23. The maximum absolute atomic E-state index is 13.1. The molecule has 0 spiro atoms. The van der Waals surface area contributed by atoms with Gasteiger partial charge in [-0.05, 0) is 84.3 Å². The molecule has 1 heterocycles. The highest BCUT2D eigenvalue weighted by Crippen LogP contribution is 2.34. The van der Waals surface area contributed by atoms with E-state index in [2.05, 4.69) is 39.4 Å². The van der Waals surface area contributed by atoms with Crippen LogP contribution in [0.2, 0.25) is 10.0 Å². The minimum absolute atomic E-state index is 0.180. The van der Waals surface area contributed by atoms with Gasteiger partial charge < -0.3 is 9.30 Å². The Morgan fingerprint density at radius 2 is 1.60 bits per heavy atom. The zero-order valence-corrected chi connectivity index (χ0v) is 23.0. The molecule has 1 amide bonds. The molecule has 0 atom stereocenters. The van der Waals surface area contributed by atoms with Gasteiger partial charge in [0.1, 0.15) is 12.4 Å². The highest BCUT2D eigenvalue weighted by molar-refractivity contribution is 6.37. The molecule has 0 bridgehead atoms. The van der Waals surface area contributed by atoms with Crippen LogP contribution in [-0.2, 0) is 6.61 Å². The van der Waals surface area contributed by atoms with Gasteiger partial charge in [-0.2, -0.15) is 5.10 Å². The summed E-state index contributed by atoms with van der Waals surface area (Å²) >= 11 is 12.7. The van der Waals surface area contributed by atoms with Gasteiger partial charge in [-0.15, -0.1) is 0 Å². The van der Waals surface area contributed by atoms with E-state index in [4.69, 9.17) is 27.9 Å². The summed E-state index contributed by atoms with van der Waals surface area (Å²) < 4.78 is 21.0. The Morgan fingerprint density at radius 1 is 0.925 bits per heavy atom. The molecule has 5 nitrogen and oxygen atoms in total. The van der Waals surface area contributed by atoms with Crippen molar-refractivity contribution in [1.82, 2.24) is 9.99 Å². The number of aryl methyl sites for hydroxylation is 1. The van der Waals surface area contributed by atoms with Crippen LogP contribution in [0.15, 0.2) is 108 Å². The highest BCUT2D eigenvalue weighted by Gasteiger charge is 2.12. The standard InChI is InChI=1S/C32H24Cl2FN3O2/c1-21-7-16-30(24-5-3-2-4-6-24)38(21)27-14-10-25(11-15-27)32(39)37-36-19-23-17-28(33)31(29(34)18-23)40-20-22-8-12-26(35)13-9-22/h2-19H,20H2,1H3,(H,37,39)/b36-19+. The largest absolute Gasteiger partial charge is 0.486 e. The second-order valence-corrected chi connectivity index (χ2v) is 9.85. The number of aromatic nitrogens is 1. The summed E-state index contributed by atoms with van der Waals surface area (Å²) in [5.74, 6) is -0.369. The first-order chi connectivity index (χ1) is 19.4. The molecule has 0 radical (unpaired) electrons. The van der Waals surface area contributed by atoms with E-state index in [1.165, 1.54) is 18.3 Å². The fourth-order valence-corrected chi connectivity index (χ4v) is 4.85. The van der Waals surface area contributed by atoms with E-state index < -0.39 is 0 Å². The summed E-state index contributed by atoms with van der Waals surface area (Å²) in [5, 5.41) is 4.62. The van der Waals surface area contributed by atoms with Crippen LogP contribution in [0.5, 0.6) is 5.75 Å². The van der Waals surface area contributed by atoms with Gasteiger partial charge in [-0.1, -0.05) is 65.7 Å². The average molecular weight is 572 g/mol. The quantitative estimate of drug-likeness (QED) is 0.150. The van der Waals surface area contributed by atoms with Crippen molar-refractivity contribution in [1.29, 1.82) is 0 Å². The summed E-state index contributed by atoms with van der Waals surface area (Å²) in [4.78, 5) is 12.7. The Hall–Kier alpha value is -4.39. The number of hydrazone groups is 1. The molecule has 200 valence electrons. The van der Waals surface area contributed by atoms with Gasteiger partial charge in [0, 0.05) is 16.9 Å². The lowest BCUT2D eigenvalue weighted by atomic mass is 10.1. The fourth-order valence-electron chi connectivity index (χ4n) is 4.24. The Labute approximate surface area is 241 Å². The van der Waals surface area contributed by atoms with Gasteiger partial charge in [-0.25, -0.2) is 9.82 Å². The third kappa shape index (κ3) is 6.25. The SMILES string of the molecule is Cc1ccc(-c2ccccc2)n1-c1ccc(C(=O)N/N=C/c2cc(Cl)c(OCc3ccc(F)cc3)c(Cl)c2)cc1. The zero-order valence-electron chi connectivity index (χ0n) is 21.4. The molecule has 0 fully saturated rings. The molecule has 40 heavy (non-hydrogen) atoms. The minimum atomic E-state index is -0.355. The molecule has 0 aliphatic rings. The molecule has 8 heteroatoms. The molecule has 1 N–H and O–H groups in total. The van der Waals surface area contributed by atoms with Gasteiger partial charge >= 0.3 is 0 Å². The van der Waals surface area contributed by atoms with Crippen molar-refractivity contribution in [2.75, 3.05) is 0 Å². The highest BCUT2D eigenvalue weighted by atomic mass is 35.5. The summed E-state index contributed by atoms with van der Waals surface area (Å²) in [7, 11) is 0. The molecule has 1 aromatic heterocycles. The fraction of sp³-hybridized carbons (Fsp3) is 0.0625. The molecule has 0 aliphatic heterocycles. The lowest BCUT2D eigenvalue weighted by Gasteiger charge is -2.13. The van der Waals surface area contributed by atoms with Crippen LogP contribution < -0.4 is 10.2 Å². The third-order valence-corrected chi connectivity index (χ3v) is 6.79. The number of amides is 1. The number of carbonyl (C=O) groups excluding carboxylic acids is 1. The Bertz CT molecular complexity index is 1640. The van der Waals surface area contributed by atoms with Crippen molar-refractivity contribution in [2.45, 2.75) is 13.5 Å². The predicted octanol–water partition coefficient (Wildman–Crippen LogP) is 8.24. The minimum Gasteiger partial charge on any atom is -0.486 e. The lowest BCUT2D eigenvalue weighted by molar-refractivity contribution is 0.0955. The number of ether oxygens (including phenoxy) is 1.